The third-order valence-corrected chi connectivity index (χ3v) is 22.5. The van der Waals surface area contributed by atoms with Crippen LogP contribution in [0.15, 0.2) is 24.3 Å². The van der Waals surface area contributed by atoms with Crippen molar-refractivity contribution in [3.63, 3.8) is 0 Å². The Morgan fingerprint density at radius 2 is 0.344 bits per heavy atom. The quantitative estimate of drug-likeness (QED) is 0.0616. The molecule has 0 heterocycles. The van der Waals surface area contributed by atoms with Gasteiger partial charge in [-0.2, -0.15) is 0 Å². The van der Waals surface area contributed by atoms with E-state index in [0.717, 1.165) is 103 Å². The molecule has 0 unspecified atom stereocenters. The van der Waals surface area contributed by atoms with E-state index in [4.69, 9.17) is 0 Å². The molecule has 336 valence electrons. The molecule has 0 bridgehead atoms. The fourth-order valence-corrected chi connectivity index (χ4v) is 21.1. The average Bonchev–Trinajstić information content (AvgIpc) is 3.28. The van der Waals surface area contributed by atoms with Crippen LogP contribution in [0.5, 0.6) is 0 Å². The van der Waals surface area contributed by atoms with E-state index in [1.165, 1.54) is 18.9 Å². The predicted molar refractivity (Wildman–Crippen MR) is 271 cm³/mol. The molecular formula is C60H92Ti. The van der Waals surface area contributed by atoms with Crippen LogP contribution in [0.25, 0.3) is 0 Å². The predicted octanol–water partition coefficient (Wildman–Crippen LogP) is 15.9. The van der Waals surface area contributed by atoms with Gasteiger partial charge in [0.05, 0.1) is 0 Å². The molecule has 0 radical (unpaired) electrons. The summed E-state index contributed by atoms with van der Waals surface area (Å²) in [4.78, 5) is 0. The first kappa shape index (κ1) is 51.2. The summed E-state index contributed by atoms with van der Waals surface area (Å²) < 4.78 is 5.21. The Morgan fingerprint density at radius 3 is 0.475 bits per heavy atom. The summed E-state index contributed by atoms with van der Waals surface area (Å²) >= 11 is -3.16. The van der Waals surface area contributed by atoms with Gasteiger partial charge in [-0.15, -0.1) is 0 Å². The van der Waals surface area contributed by atoms with Gasteiger partial charge < -0.3 is 0 Å². The fraction of sp³-hybridized carbons (Fsp3) is 0.600. The molecule has 0 N–H and O–H groups in total. The van der Waals surface area contributed by atoms with Crippen LogP contribution in [-0.2, 0) is 138 Å². The molecule has 4 aromatic rings. The first-order valence-corrected chi connectivity index (χ1v) is 30.5. The zero-order chi connectivity index (χ0) is 45.0. The summed E-state index contributed by atoms with van der Waals surface area (Å²) in [6, 6.07) is 11.1. The molecule has 0 aliphatic carbocycles. The molecule has 0 aromatic heterocycles. The van der Waals surface area contributed by atoms with Crippen molar-refractivity contribution in [3.8, 4) is 0 Å². The van der Waals surface area contributed by atoms with Crippen LogP contribution in [0.3, 0.4) is 0 Å². The Balaban J connectivity index is 2.31. The standard InChI is InChI=1S/4C15H23.Ti/c4*1-6-12-10-11(5)13(7-2)15(9-4)14(12)8-3;/h4*10H,5-9H2,1-4H3;. The van der Waals surface area contributed by atoms with Crippen LogP contribution in [0, 0.1) is 0 Å². The van der Waals surface area contributed by atoms with Gasteiger partial charge in [-0.1, -0.05) is 0 Å². The van der Waals surface area contributed by atoms with Gasteiger partial charge in [0.1, 0.15) is 0 Å². The Bertz CT molecular complexity index is 1770. The zero-order valence-corrected chi connectivity index (χ0v) is 44.5. The molecule has 0 saturated heterocycles. The topological polar surface area (TPSA) is 0 Å². The number of aryl methyl sites for hydroxylation is 4. The molecule has 0 atom stereocenters. The van der Waals surface area contributed by atoms with Crippen molar-refractivity contribution in [3.05, 3.63) is 136 Å². The van der Waals surface area contributed by atoms with E-state index < -0.39 is 16.6 Å². The number of rotatable bonds is 24. The minimum absolute atomic E-state index is 1.13. The van der Waals surface area contributed by atoms with Crippen LogP contribution in [0.2, 0.25) is 0 Å². The number of hydrogen-bond donors (Lipinski definition) is 0. The van der Waals surface area contributed by atoms with Gasteiger partial charge in [0, 0.05) is 0 Å². The second-order valence-electron chi connectivity index (χ2n) is 18.4. The van der Waals surface area contributed by atoms with Crippen molar-refractivity contribution in [2.75, 3.05) is 0 Å². The van der Waals surface area contributed by atoms with Gasteiger partial charge in [-0.3, -0.25) is 0 Å². The molecule has 0 aliphatic rings. The van der Waals surface area contributed by atoms with Crippen molar-refractivity contribution in [2.45, 2.75) is 232 Å². The van der Waals surface area contributed by atoms with Crippen LogP contribution < -0.4 is 0 Å². The molecular weight excluding hydrogens is 769 g/mol. The number of hydrogen-bond acceptors (Lipinski definition) is 0. The Kier molecular flexibility index (Phi) is 20.2. The van der Waals surface area contributed by atoms with Gasteiger partial charge in [0.25, 0.3) is 0 Å². The first-order chi connectivity index (χ1) is 29.5. The molecule has 0 saturated carbocycles. The summed E-state index contributed by atoms with van der Waals surface area (Å²) in [5.41, 5.74) is 33.6. The fourth-order valence-electron chi connectivity index (χ4n) is 12.9. The van der Waals surface area contributed by atoms with Crippen LogP contribution in [0.1, 0.15) is 222 Å². The first-order valence-electron chi connectivity index (χ1n) is 26.1. The maximum atomic E-state index is 2.78. The SMILES string of the molecule is CCc1cc([CH2][Ti]([CH2]c2cc(CC)c(CC)c(CC)c2CC)([CH2]c2cc(CC)c(CC)c(CC)c2CC)[CH2]c2cc(CC)c(CC)c(CC)c2CC)c(CC)c(CC)c1CC. The summed E-state index contributed by atoms with van der Waals surface area (Å²) in [5.74, 6) is 0. The average molecular weight is 861 g/mol. The Hall–Kier alpha value is -2.41. The van der Waals surface area contributed by atoms with Crippen molar-refractivity contribution >= 4 is 0 Å². The van der Waals surface area contributed by atoms with Crippen LogP contribution >= 0.6 is 0 Å². The summed E-state index contributed by atoms with van der Waals surface area (Å²) in [7, 11) is 0. The van der Waals surface area contributed by atoms with E-state index in [-0.39, 0.29) is 0 Å². The van der Waals surface area contributed by atoms with Gasteiger partial charge in [0.2, 0.25) is 0 Å². The van der Waals surface area contributed by atoms with E-state index >= 15 is 0 Å². The van der Waals surface area contributed by atoms with Gasteiger partial charge in [0.15, 0.2) is 0 Å². The Labute approximate surface area is 382 Å². The van der Waals surface area contributed by atoms with E-state index in [0.29, 0.717) is 0 Å². The van der Waals surface area contributed by atoms with Crippen molar-refractivity contribution < 1.29 is 16.6 Å². The molecule has 0 nitrogen and oxygen atoms in total. The summed E-state index contributed by atoms with van der Waals surface area (Å²) in [6.45, 7) is 38.9. The summed E-state index contributed by atoms with van der Waals surface area (Å²) in [6.07, 6.45) is 18.2. The van der Waals surface area contributed by atoms with Crippen molar-refractivity contribution in [2.24, 2.45) is 0 Å². The van der Waals surface area contributed by atoms with E-state index in [1.807, 2.05) is 0 Å². The molecule has 0 aliphatic heterocycles. The van der Waals surface area contributed by atoms with E-state index in [2.05, 4.69) is 135 Å². The van der Waals surface area contributed by atoms with Crippen molar-refractivity contribution in [1.82, 2.24) is 0 Å². The Morgan fingerprint density at radius 1 is 0.197 bits per heavy atom. The normalized spacial score (nSPS) is 11.9. The second-order valence-corrected chi connectivity index (χ2v) is 25.3. The molecule has 0 spiro atoms. The van der Waals surface area contributed by atoms with E-state index in [9.17, 15) is 0 Å². The molecule has 61 heavy (non-hydrogen) atoms. The number of benzene rings is 4. The third-order valence-electron chi connectivity index (χ3n) is 15.4. The zero-order valence-electron chi connectivity index (χ0n) is 43.0. The third kappa shape index (κ3) is 10.6. The van der Waals surface area contributed by atoms with Crippen LogP contribution in [0.4, 0.5) is 0 Å². The molecule has 4 rings (SSSR count). The minimum atomic E-state index is -3.16. The van der Waals surface area contributed by atoms with Crippen LogP contribution in [-0.4, -0.2) is 0 Å². The molecule has 0 amide bonds. The molecule has 1 heteroatoms. The second kappa shape index (κ2) is 24.0. The van der Waals surface area contributed by atoms with Crippen molar-refractivity contribution in [1.29, 1.82) is 0 Å². The van der Waals surface area contributed by atoms with Gasteiger partial charge in [-0.05, 0) is 0 Å². The molecule has 4 aromatic carbocycles. The van der Waals surface area contributed by atoms with Gasteiger partial charge >= 0.3 is 385 Å². The molecule has 0 fully saturated rings. The van der Waals surface area contributed by atoms with E-state index in [1.54, 1.807) is 111 Å². The van der Waals surface area contributed by atoms with Gasteiger partial charge in [-0.25, -0.2) is 0 Å². The monoisotopic (exact) mass is 861 g/mol. The summed E-state index contributed by atoms with van der Waals surface area (Å²) in [5, 5.41) is 0. The maximum absolute atomic E-state index is 3.16.